The highest BCUT2D eigenvalue weighted by Gasteiger charge is 2.27. The third-order valence-electron chi connectivity index (χ3n) is 4.22. The summed E-state index contributed by atoms with van der Waals surface area (Å²) in [6.45, 7) is 3.07. The maximum absolute atomic E-state index is 12.4. The summed E-state index contributed by atoms with van der Waals surface area (Å²) in [6, 6.07) is 4.43. The van der Waals surface area contributed by atoms with Crippen molar-refractivity contribution in [1.29, 1.82) is 0 Å². The molecular weight excluding hydrogens is 296 g/mol. The summed E-state index contributed by atoms with van der Waals surface area (Å²) in [6.07, 6.45) is 6.09. The van der Waals surface area contributed by atoms with Gasteiger partial charge in [-0.15, -0.1) is 0 Å². The Hall–Kier alpha value is -1.66. The van der Waals surface area contributed by atoms with E-state index < -0.39 is 0 Å². The zero-order valence-electron chi connectivity index (χ0n) is 12.9. The molecule has 2 aromatic rings. The molecule has 118 valence electrons. The minimum Gasteiger partial charge on any atom is -0.340 e. The van der Waals surface area contributed by atoms with Crippen LogP contribution in [0.2, 0.25) is 0 Å². The second-order valence-electron chi connectivity index (χ2n) is 5.88. The maximum atomic E-state index is 12.4. The van der Waals surface area contributed by atoms with Gasteiger partial charge in [0.2, 0.25) is 5.91 Å². The zero-order chi connectivity index (χ0) is 15.4. The molecule has 1 saturated heterocycles. The first-order valence-corrected chi connectivity index (χ1v) is 8.63. The van der Waals surface area contributed by atoms with Crippen LogP contribution in [0, 0.1) is 0 Å². The number of amides is 1. The molecule has 1 atom stereocenters. The van der Waals surface area contributed by atoms with Crippen LogP contribution in [-0.2, 0) is 17.9 Å². The Bertz CT molecular complexity index is 581. The van der Waals surface area contributed by atoms with E-state index in [-0.39, 0.29) is 5.91 Å². The van der Waals surface area contributed by atoms with Crippen LogP contribution in [0.3, 0.4) is 0 Å². The van der Waals surface area contributed by atoms with E-state index in [1.54, 1.807) is 17.5 Å². The second-order valence-corrected chi connectivity index (χ2v) is 6.66. The molecule has 0 bridgehead atoms. The van der Waals surface area contributed by atoms with Crippen molar-refractivity contribution in [1.82, 2.24) is 19.6 Å². The molecule has 1 amide bonds. The SMILES string of the molecule is CN(Cc1ccsc1)C(=O)CN1CCCC1Cn1cccn1. The largest absolute Gasteiger partial charge is 0.340 e. The quantitative estimate of drug-likeness (QED) is 0.819. The lowest BCUT2D eigenvalue weighted by Gasteiger charge is -2.26. The van der Waals surface area contributed by atoms with Crippen molar-refractivity contribution < 1.29 is 4.79 Å². The van der Waals surface area contributed by atoms with Crippen LogP contribution < -0.4 is 0 Å². The summed E-state index contributed by atoms with van der Waals surface area (Å²) in [4.78, 5) is 16.6. The fraction of sp³-hybridized carbons (Fsp3) is 0.500. The predicted octanol–water partition coefficient (Wildman–Crippen LogP) is 2.07. The first-order valence-electron chi connectivity index (χ1n) is 7.69. The van der Waals surface area contributed by atoms with E-state index in [0.717, 1.165) is 25.9 Å². The normalized spacial score (nSPS) is 18.7. The van der Waals surface area contributed by atoms with Gasteiger partial charge in [-0.2, -0.15) is 16.4 Å². The van der Waals surface area contributed by atoms with Gasteiger partial charge in [0.1, 0.15) is 0 Å². The van der Waals surface area contributed by atoms with Crippen molar-refractivity contribution in [2.45, 2.75) is 32.0 Å². The van der Waals surface area contributed by atoms with Crippen molar-refractivity contribution in [2.75, 3.05) is 20.1 Å². The number of carbonyl (C=O) groups is 1. The van der Waals surface area contributed by atoms with Gasteiger partial charge in [0.15, 0.2) is 0 Å². The second kappa shape index (κ2) is 7.07. The number of carbonyl (C=O) groups excluding carboxylic acids is 1. The van der Waals surface area contributed by atoms with Gasteiger partial charge in [-0.1, -0.05) is 0 Å². The van der Waals surface area contributed by atoms with Crippen LogP contribution in [0.25, 0.3) is 0 Å². The van der Waals surface area contributed by atoms with Crippen molar-refractivity contribution in [3.05, 3.63) is 40.8 Å². The Kier molecular flexibility index (Phi) is 4.90. The molecule has 22 heavy (non-hydrogen) atoms. The van der Waals surface area contributed by atoms with Gasteiger partial charge < -0.3 is 4.90 Å². The highest BCUT2D eigenvalue weighted by molar-refractivity contribution is 7.07. The van der Waals surface area contributed by atoms with E-state index in [9.17, 15) is 4.79 Å². The molecule has 0 radical (unpaired) electrons. The topological polar surface area (TPSA) is 41.4 Å². The van der Waals surface area contributed by atoms with Crippen LogP contribution in [0.15, 0.2) is 35.3 Å². The van der Waals surface area contributed by atoms with E-state index in [2.05, 4.69) is 21.4 Å². The third-order valence-corrected chi connectivity index (χ3v) is 4.95. The first kappa shape index (κ1) is 15.2. The number of rotatable bonds is 6. The molecule has 0 saturated carbocycles. The molecule has 0 spiro atoms. The van der Waals surface area contributed by atoms with Gasteiger partial charge in [0, 0.05) is 32.0 Å². The van der Waals surface area contributed by atoms with E-state index >= 15 is 0 Å². The average Bonchev–Trinajstić information content (AvgIpc) is 3.23. The minimum atomic E-state index is 0.193. The first-order chi connectivity index (χ1) is 10.7. The smallest absolute Gasteiger partial charge is 0.236 e. The third kappa shape index (κ3) is 3.75. The van der Waals surface area contributed by atoms with Crippen LogP contribution in [0.4, 0.5) is 0 Å². The summed E-state index contributed by atoms with van der Waals surface area (Å²) in [5.74, 6) is 0.193. The van der Waals surface area contributed by atoms with Crippen molar-refractivity contribution >= 4 is 17.2 Å². The van der Waals surface area contributed by atoms with E-state index in [1.807, 2.05) is 34.3 Å². The lowest BCUT2D eigenvalue weighted by atomic mass is 10.2. The predicted molar refractivity (Wildman–Crippen MR) is 87.6 cm³/mol. The number of aromatic nitrogens is 2. The minimum absolute atomic E-state index is 0.193. The van der Waals surface area contributed by atoms with Crippen LogP contribution in [0.1, 0.15) is 18.4 Å². The Morgan fingerprint density at radius 2 is 2.45 bits per heavy atom. The fourth-order valence-corrected chi connectivity index (χ4v) is 3.63. The monoisotopic (exact) mass is 318 g/mol. The number of hydrogen-bond acceptors (Lipinski definition) is 4. The molecular formula is C16H22N4OS. The standard InChI is InChI=1S/C16H22N4OS/c1-18(10-14-5-9-22-13-14)16(21)12-19-7-2-4-15(19)11-20-8-3-6-17-20/h3,5-6,8-9,13,15H,2,4,7,10-12H2,1H3. The molecule has 3 heterocycles. The lowest BCUT2D eigenvalue weighted by Crippen LogP contribution is -2.41. The van der Waals surface area contributed by atoms with E-state index in [1.165, 1.54) is 5.56 Å². The van der Waals surface area contributed by atoms with E-state index in [4.69, 9.17) is 0 Å². The van der Waals surface area contributed by atoms with Crippen LogP contribution in [0.5, 0.6) is 0 Å². The Morgan fingerprint density at radius 3 is 3.18 bits per heavy atom. The summed E-state index contributed by atoms with van der Waals surface area (Å²) in [5.41, 5.74) is 1.20. The molecule has 5 nitrogen and oxygen atoms in total. The number of likely N-dealkylation sites (N-methyl/N-ethyl adjacent to an activating group) is 1. The van der Waals surface area contributed by atoms with Crippen LogP contribution in [-0.4, -0.2) is 51.7 Å². The number of thiophene rings is 1. The van der Waals surface area contributed by atoms with Gasteiger partial charge >= 0.3 is 0 Å². The highest BCUT2D eigenvalue weighted by Crippen LogP contribution is 2.19. The van der Waals surface area contributed by atoms with Crippen molar-refractivity contribution in [3.8, 4) is 0 Å². The molecule has 6 heteroatoms. The van der Waals surface area contributed by atoms with Gasteiger partial charge in [-0.05, 0) is 47.8 Å². The van der Waals surface area contributed by atoms with Crippen molar-refractivity contribution in [2.24, 2.45) is 0 Å². The summed E-state index contributed by atoms with van der Waals surface area (Å²) >= 11 is 1.67. The Morgan fingerprint density at radius 1 is 1.55 bits per heavy atom. The number of nitrogens with zero attached hydrogens (tertiary/aromatic N) is 4. The van der Waals surface area contributed by atoms with Gasteiger partial charge in [0.05, 0.1) is 13.1 Å². The molecule has 0 aromatic carbocycles. The molecule has 1 fully saturated rings. The highest BCUT2D eigenvalue weighted by atomic mass is 32.1. The lowest BCUT2D eigenvalue weighted by molar-refractivity contribution is -0.131. The number of hydrogen-bond donors (Lipinski definition) is 0. The summed E-state index contributed by atoms with van der Waals surface area (Å²) < 4.78 is 1.96. The Balaban J connectivity index is 1.53. The molecule has 2 aromatic heterocycles. The average molecular weight is 318 g/mol. The van der Waals surface area contributed by atoms with Crippen molar-refractivity contribution in [3.63, 3.8) is 0 Å². The van der Waals surface area contributed by atoms with Crippen LogP contribution >= 0.6 is 11.3 Å². The summed E-state index contributed by atoms with van der Waals surface area (Å²) in [7, 11) is 1.89. The molecule has 3 rings (SSSR count). The van der Waals surface area contributed by atoms with E-state index in [0.29, 0.717) is 19.1 Å². The van der Waals surface area contributed by atoms with Gasteiger partial charge in [-0.25, -0.2) is 0 Å². The molecule has 0 N–H and O–H groups in total. The zero-order valence-corrected chi connectivity index (χ0v) is 13.7. The Labute approximate surface area is 135 Å². The van der Waals surface area contributed by atoms with Gasteiger partial charge in [0.25, 0.3) is 0 Å². The fourth-order valence-electron chi connectivity index (χ4n) is 2.97. The molecule has 0 aliphatic carbocycles. The molecule has 1 aliphatic heterocycles. The number of likely N-dealkylation sites (tertiary alicyclic amines) is 1. The maximum Gasteiger partial charge on any atom is 0.236 e. The molecule has 1 aliphatic rings. The molecule has 1 unspecified atom stereocenters. The summed E-state index contributed by atoms with van der Waals surface area (Å²) in [5, 5.41) is 8.42. The van der Waals surface area contributed by atoms with Gasteiger partial charge in [-0.3, -0.25) is 14.4 Å².